The largest absolute Gasteiger partial charge is 0.258 e. The molecule has 1 saturated carbocycles. The third-order valence-electron chi connectivity index (χ3n) is 2.71. The van der Waals surface area contributed by atoms with E-state index in [2.05, 4.69) is 6.07 Å². The molecule has 0 spiro atoms. The van der Waals surface area contributed by atoms with Gasteiger partial charge in [0.05, 0.1) is 6.07 Å². The van der Waals surface area contributed by atoms with Crippen LogP contribution < -0.4 is 0 Å². The fourth-order valence-corrected chi connectivity index (χ4v) is 3.38. The van der Waals surface area contributed by atoms with Crippen molar-refractivity contribution in [1.82, 2.24) is 0 Å². The van der Waals surface area contributed by atoms with Crippen LogP contribution in [0.5, 0.6) is 0 Å². The van der Waals surface area contributed by atoms with Crippen LogP contribution in [0.4, 0.5) is 0 Å². The standard InChI is InChI=1S/C10H17NOS/c1-2-10(7-11)13(12)8-9-5-3-4-6-9/h9-10H,2-6,8H2,1H3. The highest BCUT2D eigenvalue weighted by Crippen LogP contribution is 2.26. The van der Waals surface area contributed by atoms with E-state index in [9.17, 15) is 4.21 Å². The first-order chi connectivity index (χ1) is 6.27. The first-order valence-corrected chi connectivity index (χ1v) is 6.43. The van der Waals surface area contributed by atoms with E-state index in [1.807, 2.05) is 6.92 Å². The van der Waals surface area contributed by atoms with Gasteiger partial charge < -0.3 is 0 Å². The second-order valence-corrected chi connectivity index (χ2v) is 5.39. The Balaban J connectivity index is 2.35. The Morgan fingerprint density at radius 2 is 2.15 bits per heavy atom. The molecule has 2 nitrogen and oxygen atoms in total. The quantitative estimate of drug-likeness (QED) is 0.696. The lowest BCUT2D eigenvalue weighted by atomic mass is 10.1. The molecule has 74 valence electrons. The van der Waals surface area contributed by atoms with Crippen molar-refractivity contribution in [2.75, 3.05) is 5.75 Å². The number of nitriles is 1. The Morgan fingerprint density at radius 1 is 1.54 bits per heavy atom. The van der Waals surface area contributed by atoms with E-state index in [0.29, 0.717) is 5.92 Å². The predicted octanol–water partition coefficient (Wildman–Crippen LogP) is 2.23. The maximum absolute atomic E-state index is 11.6. The molecular formula is C10H17NOS. The summed E-state index contributed by atoms with van der Waals surface area (Å²) in [5, 5.41) is 8.49. The van der Waals surface area contributed by atoms with Crippen LogP contribution in [-0.2, 0) is 10.8 Å². The van der Waals surface area contributed by atoms with E-state index in [1.54, 1.807) is 0 Å². The number of hydrogen-bond acceptors (Lipinski definition) is 2. The fraction of sp³-hybridized carbons (Fsp3) is 0.900. The normalized spacial score (nSPS) is 22.5. The minimum Gasteiger partial charge on any atom is -0.258 e. The predicted molar refractivity (Wildman–Crippen MR) is 54.7 cm³/mol. The second-order valence-electron chi connectivity index (χ2n) is 3.72. The summed E-state index contributed by atoms with van der Waals surface area (Å²) in [5.41, 5.74) is 0. The average molecular weight is 199 g/mol. The molecule has 1 aliphatic rings. The van der Waals surface area contributed by atoms with Gasteiger partial charge in [0, 0.05) is 16.6 Å². The maximum atomic E-state index is 11.6. The summed E-state index contributed by atoms with van der Waals surface area (Å²) in [6.45, 7) is 1.93. The molecule has 0 amide bonds. The van der Waals surface area contributed by atoms with E-state index in [-0.39, 0.29) is 5.25 Å². The highest BCUT2D eigenvalue weighted by atomic mass is 32.2. The van der Waals surface area contributed by atoms with Crippen LogP contribution in [0, 0.1) is 17.2 Å². The van der Waals surface area contributed by atoms with Crippen molar-refractivity contribution in [2.45, 2.75) is 44.3 Å². The smallest absolute Gasteiger partial charge is 0.121 e. The third kappa shape index (κ3) is 3.11. The monoisotopic (exact) mass is 199 g/mol. The second kappa shape index (κ2) is 5.39. The molecule has 1 rings (SSSR count). The molecule has 0 aromatic rings. The van der Waals surface area contributed by atoms with Crippen molar-refractivity contribution in [3.05, 3.63) is 0 Å². The molecule has 2 atom stereocenters. The van der Waals surface area contributed by atoms with Gasteiger partial charge in [-0.1, -0.05) is 19.8 Å². The van der Waals surface area contributed by atoms with Crippen LogP contribution in [-0.4, -0.2) is 15.2 Å². The lowest BCUT2D eigenvalue weighted by Gasteiger charge is -2.10. The molecule has 0 N–H and O–H groups in total. The zero-order valence-corrected chi connectivity index (χ0v) is 8.98. The van der Waals surface area contributed by atoms with E-state index >= 15 is 0 Å². The van der Waals surface area contributed by atoms with Gasteiger partial charge in [0.15, 0.2) is 0 Å². The molecule has 0 bridgehead atoms. The highest BCUT2D eigenvalue weighted by molar-refractivity contribution is 7.85. The van der Waals surface area contributed by atoms with Crippen molar-refractivity contribution in [1.29, 1.82) is 5.26 Å². The van der Waals surface area contributed by atoms with Crippen molar-refractivity contribution < 1.29 is 4.21 Å². The minimum atomic E-state index is -0.909. The molecule has 0 saturated heterocycles. The van der Waals surface area contributed by atoms with Crippen LogP contribution >= 0.6 is 0 Å². The summed E-state index contributed by atoms with van der Waals surface area (Å²) in [4.78, 5) is 0. The molecule has 0 aliphatic heterocycles. The van der Waals surface area contributed by atoms with Gasteiger partial charge >= 0.3 is 0 Å². The number of nitrogens with zero attached hydrogens (tertiary/aromatic N) is 1. The molecule has 0 heterocycles. The summed E-state index contributed by atoms with van der Waals surface area (Å²) < 4.78 is 11.6. The van der Waals surface area contributed by atoms with Gasteiger partial charge in [0.1, 0.15) is 5.25 Å². The van der Waals surface area contributed by atoms with E-state index < -0.39 is 10.8 Å². The summed E-state index contributed by atoms with van der Waals surface area (Å²) in [7, 11) is -0.909. The van der Waals surface area contributed by atoms with E-state index in [4.69, 9.17) is 5.26 Å². The Bertz CT molecular complexity index is 215. The van der Waals surface area contributed by atoms with E-state index in [0.717, 1.165) is 12.2 Å². The van der Waals surface area contributed by atoms with Gasteiger partial charge in [0.25, 0.3) is 0 Å². The molecule has 13 heavy (non-hydrogen) atoms. The Kier molecular flexibility index (Phi) is 4.44. The molecule has 0 radical (unpaired) electrons. The van der Waals surface area contributed by atoms with Gasteiger partial charge in [-0.2, -0.15) is 5.26 Å². The van der Waals surface area contributed by atoms with Crippen molar-refractivity contribution >= 4 is 10.8 Å². The molecular weight excluding hydrogens is 182 g/mol. The summed E-state index contributed by atoms with van der Waals surface area (Å²) >= 11 is 0. The zero-order chi connectivity index (χ0) is 9.68. The molecule has 1 fully saturated rings. The topological polar surface area (TPSA) is 40.9 Å². The molecule has 3 heteroatoms. The van der Waals surface area contributed by atoms with Gasteiger partial charge in [0.2, 0.25) is 0 Å². The minimum absolute atomic E-state index is 0.236. The van der Waals surface area contributed by atoms with Gasteiger partial charge in [-0.15, -0.1) is 0 Å². The van der Waals surface area contributed by atoms with Crippen LogP contribution in [0.2, 0.25) is 0 Å². The number of hydrogen-bond donors (Lipinski definition) is 0. The lowest BCUT2D eigenvalue weighted by molar-refractivity contribution is 0.601. The highest BCUT2D eigenvalue weighted by Gasteiger charge is 2.21. The SMILES string of the molecule is CCC(C#N)S(=O)CC1CCCC1. The van der Waals surface area contributed by atoms with Crippen LogP contribution in [0.25, 0.3) is 0 Å². The third-order valence-corrected chi connectivity index (χ3v) is 4.58. The van der Waals surface area contributed by atoms with E-state index in [1.165, 1.54) is 25.7 Å². The van der Waals surface area contributed by atoms with Crippen LogP contribution in [0.1, 0.15) is 39.0 Å². The van der Waals surface area contributed by atoms with Gasteiger partial charge in [-0.3, -0.25) is 4.21 Å². The van der Waals surface area contributed by atoms with Gasteiger partial charge in [-0.05, 0) is 25.2 Å². The Hall–Kier alpha value is -0.360. The Morgan fingerprint density at radius 3 is 2.62 bits per heavy atom. The van der Waals surface area contributed by atoms with Gasteiger partial charge in [-0.25, -0.2) is 0 Å². The Labute approximate surface area is 82.8 Å². The van der Waals surface area contributed by atoms with Crippen molar-refractivity contribution in [3.63, 3.8) is 0 Å². The maximum Gasteiger partial charge on any atom is 0.121 e. The van der Waals surface area contributed by atoms with Crippen molar-refractivity contribution in [2.24, 2.45) is 5.92 Å². The zero-order valence-electron chi connectivity index (χ0n) is 8.16. The first kappa shape index (κ1) is 10.7. The summed E-state index contributed by atoms with van der Waals surface area (Å²) in [5.74, 6) is 1.38. The number of rotatable bonds is 4. The fourth-order valence-electron chi connectivity index (χ4n) is 1.86. The van der Waals surface area contributed by atoms with Crippen molar-refractivity contribution in [3.8, 4) is 6.07 Å². The molecule has 0 aromatic carbocycles. The first-order valence-electron chi connectivity index (χ1n) is 5.04. The average Bonchev–Trinajstić information content (AvgIpc) is 2.59. The molecule has 1 aliphatic carbocycles. The lowest BCUT2D eigenvalue weighted by Crippen LogP contribution is -2.18. The van der Waals surface area contributed by atoms with Crippen LogP contribution in [0.15, 0.2) is 0 Å². The molecule has 2 unspecified atom stereocenters. The van der Waals surface area contributed by atoms with Crippen LogP contribution in [0.3, 0.4) is 0 Å². The summed E-state index contributed by atoms with van der Waals surface area (Å²) in [6.07, 6.45) is 5.72. The summed E-state index contributed by atoms with van der Waals surface area (Å²) in [6, 6.07) is 2.13. The molecule has 0 aromatic heterocycles.